The summed E-state index contributed by atoms with van der Waals surface area (Å²) in [6.45, 7) is 9.46. The fourth-order valence-electron chi connectivity index (χ4n) is 2.36. The molecule has 1 amide bonds. The third-order valence-electron chi connectivity index (χ3n) is 3.40. The minimum absolute atomic E-state index is 0.0253. The van der Waals surface area contributed by atoms with E-state index in [4.69, 9.17) is 5.26 Å². The van der Waals surface area contributed by atoms with Crippen molar-refractivity contribution < 1.29 is 4.79 Å². The van der Waals surface area contributed by atoms with Crippen molar-refractivity contribution in [3.05, 3.63) is 0 Å². The van der Waals surface area contributed by atoms with E-state index in [1.54, 1.807) is 0 Å². The molecular weight excluding hydrogens is 226 g/mol. The van der Waals surface area contributed by atoms with Crippen LogP contribution < -0.4 is 0 Å². The van der Waals surface area contributed by atoms with Crippen LogP contribution in [0.1, 0.15) is 40.0 Å². The number of nitriles is 1. The smallest absolute Gasteiger partial charge is 0.222 e. The zero-order chi connectivity index (χ0) is 13.5. The maximum absolute atomic E-state index is 11.9. The molecule has 1 atom stereocenters. The molecule has 0 bridgehead atoms. The number of piperazine rings is 1. The van der Waals surface area contributed by atoms with Gasteiger partial charge in [-0.2, -0.15) is 5.26 Å². The SMILES string of the molecule is CCCC(C#N)N1CCN(C(=O)CC(C)C)CC1. The van der Waals surface area contributed by atoms with Crippen molar-refractivity contribution in [1.82, 2.24) is 9.80 Å². The van der Waals surface area contributed by atoms with Gasteiger partial charge in [-0.1, -0.05) is 27.2 Å². The predicted octanol–water partition coefficient (Wildman–Crippen LogP) is 1.87. The second kappa shape index (κ2) is 7.38. The Morgan fingerprint density at radius 1 is 1.28 bits per heavy atom. The van der Waals surface area contributed by atoms with E-state index in [1.807, 2.05) is 4.90 Å². The van der Waals surface area contributed by atoms with E-state index in [-0.39, 0.29) is 11.9 Å². The Bertz CT molecular complexity index is 301. The monoisotopic (exact) mass is 251 g/mol. The number of rotatable bonds is 5. The highest BCUT2D eigenvalue weighted by molar-refractivity contribution is 5.76. The van der Waals surface area contributed by atoms with E-state index in [9.17, 15) is 4.79 Å². The molecule has 1 rings (SSSR count). The van der Waals surface area contributed by atoms with Crippen molar-refractivity contribution >= 4 is 5.91 Å². The van der Waals surface area contributed by atoms with Crippen molar-refractivity contribution in [1.29, 1.82) is 5.26 Å². The first-order chi connectivity index (χ1) is 8.58. The topological polar surface area (TPSA) is 47.3 Å². The Balaban J connectivity index is 2.41. The Kier molecular flexibility index (Phi) is 6.14. The van der Waals surface area contributed by atoms with Gasteiger partial charge in [0.1, 0.15) is 0 Å². The molecule has 4 nitrogen and oxygen atoms in total. The van der Waals surface area contributed by atoms with E-state index in [2.05, 4.69) is 31.7 Å². The fourth-order valence-corrected chi connectivity index (χ4v) is 2.36. The van der Waals surface area contributed by atoms with Crippen LogP contribution in [0.25, 0.3) is 0 Å². The molecule has 0 N–H and O–H groups in total. The van der Waals surface area contributed by atoms with Gasteiger partial charge in [0.25, 0.3) is 0 Å². The van der Waals surface area contributed by atoms with Crippen LogP contribution in [0.4, 0.5) is 0 Å². The highest BCUT2D eigenvalue weighted by Crippen LogP contribution is 2.12. The van der Waals surface area contributed by atoms with Crippen LogP contribution in [-0.4, -0.2) is 47.9 Å². The van der Waals surface area contributed by atoms with Gasteiger partial charge in [0.15, 0.2) is 0 Å². The van der Waals surface area contributed by atoms with Gasteiger partial charge in [-0.15, -0.1) is 0 Å². The van der Waals surface area contributed by atoms with Crippen molar-refractivity contribution in [2.45, 2.75) is 46.1 Å². The Labute approximate surface area is 111 Å². The van der Waals surface area contributed by atoms with Gasteiger partial charge < -0.3 is 4.90 Å². The molecule has 4 heteroatoms. The Hall–Kier alpha value is -1.08. The standard InChI is InChI=1S/C14H25N3O/c1-4-5-13(11-15)16-6-8-17(9-7-16)14(18)10-12(2)3/h12-13H,4-10H2,1-3H3. The number of carbonyl (C=O) groups excluding carboxylic acids is 1. The number of hydrogen-bond acceptors (Lipinski definition) is 3. The summed E-state index contributed by atoms with van der Waals surface area (Å²) in [6, 6.07) is 2.40. The zero-order valence-corrected chi connectivity index (χ0v) is 11.9. The lowest BCUT2D eigenvalue weighted by Crippen LogP contribution is -2.51. The molecule has 1 aliphatic heterocycles. The highest BCUT2D eigenvalue weighted by atomic mass is 16.2. The molecule has 0 aromatic rings. The van der Waals surface area contributed by atoms with Crippen LogP contribution in [0.3, 0.4) is 0 Å². The summed E-state index contributed by atoms with van der Waals surface area (Å²) in [7, 11) is 0. The molecule has 0 radical (unpaired) electrons. The first-order valence-corrected chi connectivity index (χ1v) is 6.99. The summed E-state index contributed by atoms with van der Waals surface area (Å²) in [6.07, 6.45) is 2.60. The van der Waals surface area contributed by atoms with Gasteiger partial charge >= 0.3 is 0 Å². The van der Waals surface area contributed by atoms with Gasteiger partial charge in [-0.05, 0) is 12.3 Å². The molecule has 0 aromatic heterocycles. The molecule has 1 fully saturated rings. The summed E-state index contributed by atoms with van der Waals surface area (Å²) in [5.74, 6) is 0.677. The minimum Gasteiger partial charge on any atom is -0.340 e. The maximum atomic E-state index is 11.9. The third-order valence-corrected chi connectivity index (χ3v) is 3.40. The van der Waals surface area contributed by atoms with Crippen LogP contribution in [0, 0.1) is 17.2 Å². The van der Waals surface area contributed by atoms with Crippen LogP contribution in [0.2, 0.25) is 0 Å². The molecule has 1 saturated heterocycles. The van der Waals surface area contributed by atoms with Gasteiger partial charge in [0.05, 0.1) is 12.1 Å². The van der Waals surface area contributed by atoms with Gasteiger partial charge in [-0.3, -0.25) is 9.69 Å². The average molecular weight is 251 g/mol. The third kappa shape index (κ3) is 4.30. The summed E-state index contributed by atoms with van der Waals surface area (Å²) in [5.41, 5.74) is 0. The summed E-state index contributed by atoms with van der Waals surface area (Å²) >= 11 is 0. The van der Waals surface area contributed by atoms with E-state index >= 15 is 0 Å². The fraction of sp³-hybridized carbons (Fsp3) is 0.857. The number of nitrogens with zero attached hydrogens (tertiary/aromatic N) is 3. The van der Waals surface area contributed by atoms with Gasteiger partial charge in [0.2, 0.25) is 5.91 Å². The largest absolute Gasteiger partial charge is 0.340 e. The molecule has 1 unspecified atom stereocenters. The summed E-state index contributed by atoms with van der Waals surface area (Å²) in [4.78, 5) is 16.1. The molecular formula is C14H25N3O. The van der Waals surface area contributed by atoms with Crippen LogP contribution in [0.15, 0.2) is 0 Å². The van der Waals surface area contributed by atoms with Crippen molar-refractivity contribution in [2.24, 2.45) is 5.92 Å². The van der Waals surface area contributed by atoms with Gasteiger partial charge in [0, 0.05) is 32.6 Å². The molecule has 1 heterocycles. The number of hydrogen-bond donors (Lipinski definition) is 0. The van der Waals surface area contributed by atoms with Crippen LogP contribution in [0.5, 0.6) is 0 Å². The highest BCUT2D eigenvalue weighted by Gasteiger charge is 2.25. The number of amides is 1. The van der Waals surface area contributed by atoms with Crippen molar-refractivity contribution in [3.63, 3.8) is 0 Å². The van der Waals surface area contributed by atoms with E-state index < -0.39 is 0 Å². The lowest BCUT2D eigenvalue weighted by molar-refractivity contribution is -0.133. The lowest BCUT2D eigenvalue weighted by atomic mass is 10.1. The van der Waals surface area contributed by atoms with Crippen molar-refractivity contribution in [3.8, 4) is 6.07 Å². The predicted molar refractivity (Wildman–Crippen MR) is 71.9 cm³/mol. The first kappa shape index (κ1) is 15.0. The average Bonchev–Trinajstić information content (AvgIpc) is 2.35. The zero-order valence-electron chi connectivity index (χ0n) is 11.9. The second-order valence-electron chi connectivity index (χ2n) is 5.45. The second-order valence-corrected chi connectivity index (χ2v) is 5.45. The molecule has 0 aromatic carbocycles. The first-order valence-electron chi connectivity index (χ1n) is 6.99. The summed E-state index contributed by atoms with van der Waals surface area (Å²) < 4.78 is 0. The van der Waals surface area contributed by atoms with Crippen molar-refractivity contribution in [2.75, 3.05) is 26.2 Å². The lowest BCUT2D eigenvalue weighted by Gasteiger charge is -2.37. The molecule has 102 valence electrons. The van der Waals surface area contributed by atoms with E-state index in [0.29, 0.717) is 12.3 Å². The maximum Gasteiger partial charge on any atom is 0.222 e. The quantitative estimate of drug-likeness (QED) is 0.749. The molecule has 0 saturated carbocycles. The van der Waals surface area contributed by atoms with Crippen LogP contribution >= 0.6 is 0 Å². The van der Waals surface area contributed by atoms with Crippen LogP contribution in [-0.2, 0) is 4.79 Å². The Morgan fingerprint density at radius 3 is 2.33 bits per heavy atom. The normalized spacial score (nSPS) is 18.7. The molecule has 1 aliphatic rings. The molecule has 18 heavy (non-hydrogen) atoms. The van der Waals surface area contributed by atoms with E-state index in [1.165, 1.54) is 0 Å². The Morgan fingerprint density at radius 2 is 1.89 bits per heavy atom. The van der Waals surface area contributed by atoms with E-state index in [0.717, 1.165) is 39.0 Å². The van der Waals surface area contributed by atoms with Gasteiger partial charge in [-0.25, -0.2) is 0 Å². The minimum atomic E-state index is 0.0253. The summed E-state index contributed by atoms with van der Waals surface area (Å²) in [5, 5.41) is 9.13. The molecule has 0 aliphatic carbocycles. The molecule has 0 spiro atoms. The number of carbonyl (C=O) groups is 1.